The van der Waals surface area contributed by atoms with E-state index in [4.69, 9.17) is 0 Å². The van der Waals surface area contributed by atoms with Gasteiger partial charge in [-0.05, 0) is 24.3 Å². The molecule has 3 aromatic rings. The van der Waals surface area contributed by atoms with Crippen molar-refractivity contribution in [2.24, 2.45) is 0 Å². The highest BCUT2D eigenvalue weighted by atomic mass is 19.4. The molecule has 5 nitrogen and oxygen atoms in total. The highest BCUT2D eigenvalue weighted by molar-refractivity contribution is 6.21. The van der Waals surface area contributed by atoms with Gasteiger partial charge in [-0.2, -0.15) is 13.2 Å². The lowest BCUT2D eigenvalue weighted by atomic mass is 10.1. The maximum absolute atomic E-state index is 12.8. The van der Waals surface area contributed by atoms with Crippen molar-refractivity contribution >= 4 is 17.5 Å². The number of aromatic nitrogens is 2. The monoisotopic (exact) mass is 345 g/mol. The number of halogens is 3. The number of carbonyl (C=O) groups is 2. The fraction of sp³-hybridized carbons (Fsp3) is 0.118. The molecule has 1 aliphatic rings. The molecule has 1 aliphatic heterocycles. The molecule has 0 saturated carbocycles. The second kappa shape index (κ2) is 5.17. The molecule has 1 aromatic carbocycles. The van der Waals surface area contributed by atoms with Gasteiger partial charge in [-0.25, -0.2) is 4.98 Å². The molecule has 0 N–H and O–H groups in total. The molecule has 0 fully saturated rings. The van der Waals surface area contributed by atoms with Crippen LogP contribution in [0.4, 0.5) is 13.2 Å². The Balaban J connectivity index is 1.66. The largest absolute Gasteiger partial charge is 0.417 e. The van der Waals surface area contributed by atoms with Gasteiger partial charge in [0.05, 0.1) is 28.9 Å². The first-order valence-electron chi connectivity index (χ1n) is 7.34. The van der Waals surface area contributed by atoms with Crippen LogP contribution in [0.15, 0.2) is 48.8 Å². The third kappa shape index (κ3) is 2.46. The molecule has 0 bridgehead atoms. The van der Waals surface area contributed by atoms with Crippen LogP contribution in [0.3, 0.4) is 0 Å². The predicted octanol–water partition coefficient (Wildman–Crippen LogP) is 3.15. The number of imide groups is 1. The van der Waals surface area contributed by atoms with Crippen LogP contribution in [0.5, 0.6) is 0 Å². The number of carbonyl (C=O) groups excluding carboxylic acids is 2. The van der Waals surface area contributed by atoms with E-state index < -0.39 is 23.6 Å². The zero-order valence-electron chi connectivity index (χ0n) is 12.6. The zero-order valence-corrected chi connectivity index (χ0v) is 12.6. The van der Waals surface area contributed by atoms with E-state index in [-0.39, 0.29) is 6.54 Å². The van der Waals surface area contributed by atoms with Gasteiger partial charge in [0.1, 0.15) is 5.65 Å². The molecule has 0 saturated heterocycles. The Morgan fingerprint density at radius 2 is 1.56 bits per heavy atom. The van der Waals surface area contributed by atoms with Crippen molar-refractivity contribution in [3.8, 4) is 0 Å². The smallest absolute Gasteiger partial charge is 0.306 e. The van der Waals surface area contributed by atoms with Crippen LogP contribution in [-0.2, 0) is 12.7 Å². The molecule has 8 heteroatoms. The highest BCUT2D eigenvalue weighted by Gasteiger charge is 2.35. The summed E-state index contributed by atoms with van der Waals surface area (Å²) >= 11 is 0. The van der Waals surface area contributed by atoms with E-state index in [1.165, 1.54) is 16.7 Å². The molecule has 2 amide bonds. The highest BCUT2D eigenvalue weighted by Crippen LogP contribution is 2.29. The second-order valence-electron chi connectivity index (χ2n) is 5.66. The SMILES string of the molecule is O=C1c2ccccc2C(=O)N1Cc1cn2cc(C(F)(F)F)ccc2n1. The number of nitrogens with zero attached hydrogens (tertiary/aromatic N) is 3. The quantitative estimate of drug-likeness (QED) is 0.671. The van der Waals surface area contributed by atoms with Gasteiger partial charge in [-0.1, -0.05) is 12.1 Å². The van der Waals surface area contributed by atoms with E-state index in [0.29, 0.717) is 22.5 Å². The molecule has 0 aliphatic carbocycles. The fourth-order valence-electron chi connectivity index (χ4n) is 2.83. The summed E-state index contributed by atoms with van der Waals surface area (Å²) in [5.74, 6) is -0.873. The van der Waals surface area contributed by atoms with Crippen LogP contribution in [0.1, 0.15) is 32.0 Å². The van der Waals surface area contributed by atoms with Crippen LogP contribution in [0.2, 0.25) is 0 Å². The van der Waals surface area contributed by atoms with Crippen molar-refractivity contribution in [1.82, 2.24) is 14.3 Å². The van der Waals surface area contributed by atoms with Crippen molar-refractivity contribution < 1.29 is 22.8 Å². The summed E-state index contributed by atoms with van der Waals surface area (Å²) in [5.41, 5.74) is 0.462. The van der Waals surface area contributed by atoms with Crippen LogP contribution in [0.25, 0.3) is 5.65 Å². The second-order valence-corrected chi connectivity index (χ2v) is 5.66. The number of hydrogen-bond acceptors (Lipinski definition) is 3. The first-order valence-corrected chi connectivity index (χ1v) is 7.34. The molecule has 3 heterocycles. The first kappa shape index (κ1) is 15.4. The summed E-state index contributed by atoms with van der Waals surface area (Å²) in [7, 11) is 0. The van der Waals surface area contributed by atoms with Gasteiger partial charge < -0.3 is 4.40 Å². The third-order valence-electron chi connectivity index (χ3n) is 4.03. The Kier molecular flexibility index (Phi) is 3.18. The predicted molar refractivity (Wildman–Crippen MR) is 80.8 cm³/mol. The van der Waals surface area contributed by atoms with E-state index in [0.717, 1.165) is 17.2 Å². The number of alkyl halides is 3. The number of imidazole rings is 1. The summed E-state index contributed by atoms with van der Waals surface area (Å²) in [5, 5.41) is 0. The van der Waals surface area contributed by atoms with Crippen molar-refractivity contribution in [2.45, 2.75) is 12.7 Å². The molecular formula is C17H10F3N3O2. The number of hydrogen-bond donors (Lipinski definition) is 0. The van der Waals surface area contributed by atoms with Crippen LogP contribution >= 0.6 is 0 Å². The van der Waals surface area contributed by atoms with Crippen molar-refractivity contribution in [3.05, 3.63) is 71.2 Å². The number of benzene rings is 1. The standard InChI is InChI=1S/C17H10F3N3O2/c18-17(19,20)10-5-6-14-21-11(8-22(14)7-10)9-23-15(24)12-3-1-2-4-13(12)16(23)25/h1-8H,9H2. The molecule has 0 unspecified atom stereocenters. The number of pyridine rings is 1. The van der Waals surface area contributed by atoms with Crippen molar-refractivity contribution in [2.75, 3.05) is 0 Å². The third-order valence-corrected chi connectivity index (χ3v) is 4.03. The van der Waals surface area contributed by atoms with Gasteiger partial charge in [-0.15, -0.1) is 0 Å². The average molecular weight is 345 g/mol. The summed E-state index contributed by atoms with van der Waals surface area (Å²) in [6.45, 7) is -0.102. The topological polar surface area (TPSA) is 54.7 Å². The van der Waals surface area contributed by atoms with E-state index in [9.17, 15) is 22.8 Å². The van der Waals surface area contributed by atoms with Gasteiger partial charge >= 0.3 is 6.18 Å². The molecule has 4 rings (SSSR count). The molecular weight excluding hydrogens is 335 g/mol. The van der Waals surface area contributed by atoms with Crippen LogP contribution in [0, 0.1) is 0 Å². The van der Waals surface area contributed by atoms with Crippen molar-refractivity contribution in [1.29, 1.82) is 0 Å². The minimum absolute atomic E-state index is 0.102. The molecule has 0 atom stereocenters. The lowest BCUT2D eigenvalue weighted by Gasteiger charge is -2.11. The van der Waals surface area contributed by atoms with Gasteiger partial charge in [0.25, 0.3) is 11.8 Å². The molecule has 2 aromatic heterocycles. The summed E-state index contributed by atoms with van der Waals surface area (Å²) in [6, 6.07) is 8.64. The number of fused-ring (bicyclic) bond motifs is 2. The van der Waals surface area contributed by atoms with Gasteiger partial charge in [0.2, 0.25) is 0 Å². The Morgan fingerprint density at radius 1 is 0.920 bits per heavy atom. The maximum atomic E-state index is 12.8. The normalized spacial score (nSPS) is 14.4. The first-order chi connectivity index (χ1) is 11.8. The van der Waals surface area contributed by atoms with Crippen LogP contribution < -0.4 is 0 Å². The lowest BCUT2D eigenvalue weighted by molar-refractivity contribution is -0.137. The molecule has 126 valence electrons. The Hall–Kier alpha value is -3.16. The number of rotatable bonds is 2. The maximum Gasteiger partial charge on any atom is 0.417 e. The van der Waals surface area contributed by atoms with Gasteiger partial charge in [-0.3, -0.25) is 14.5 Å². The molecule has 25 heavy (non-hydrogen) atoms. The fourth-order valence-corrected chi connectivity index (χ4v) is 2.83. The average Bonchev–Trinajstić information content (AvgIpc) is 3.08. The van der Waals surface area contributed by atoms with Crippen LogP contribution in [-0.4, -0.2) is 26.1 Å². The Labute approximate surface area is 139 Å². The minimum atomic E-state index is -4.46. The minimum Gasteiger partial charge on any atom is -0.306 e. The Bertz CT molecular complexity index is 988. The van der Waals surface area contributed by atoms with E-state index in [1.54, 1.807) is 24.3 Å². The van der Waals surface area contributed by atoms with E-state index >= 15 is 0 Å². The molecule has 0 radical (unpaired) electrons. The Morgan fingerprint density at radius 3 is 2.16 bits per heavy atom. The van der Waals surface area contributed by atoms with Crippen molar-refractivity contribution in [3.63, 3.8) is 0 Å². The van der Waals surface area contributed by atoms with Gasteiger partial charge in [0, 0.05) is 12.4 Å². The summed E-state index contributed by atoms with van der Waals surface area (Å²) in [4.78, 5) is 29.9. The van der Waals surface area contributed by atoms with E-state index in [1.807, 2.05) is 0 Å². The zero-order chi connectivity index (χ0) is 17.8. The number of amides is 2. The van der Waals surface area contributed by atoms with Gasteiger partial charge in [0.15, 0.2) is 0 Å². The summed E-state index contributed by atoms with van der Waals surface area (Å²) < 4.78 is 39.6. The van der Waals surface area contributed by atoms with E-state index in [2.05, 4.69) is 4.98 Å². The lowest BCUT2D eigenvalue weighted by Crippen LogP contribution is -2.29. The molecule has 0 spiro atoms. The summed E-state index contributed by atoms with van der Waals surface area (Å²) in [6.07, 6.45) is -2.15.